The van der Waals surface area contributed by atoms with E-state index in [9.17, 15) is 19.2 Å². The quantitative estimate of drug-likeness (QED) is 0.0280. The number of hydrogen-bond donors (Lipinski definition) is 1. The van der Waals surface area contributed by atoms with Gasteiger partial charge in [0, 0.05) is 25.7 Å². The summed E-state index contributed by atoms with van der Waals surface area (Å²) in [5.41, 5.74) is -1.36. The maximum absolute atomic E-state index is 13.6. The van der Waals surface area contributed by atoms with Crippen LogP contribution in [0.4, 0.5) is 0 Å². The van der Waals surface area contributed by atoms with Crippen LogP contribution >= 0.6 is 0 Å². The van der Waals surface area contributed by atoms with Crippen LogP contribution < -0.4 is 5.32 Å². The molecule has 0 aromatic rings. The van der Waals surface area contributed by atoms with Gasteiger partial charge in [0.05, 0.1) is 27.7 Å². The first-order chi connectivity index (χ1) is 30.5. The van der Waals surface area contributed by atoms with Gasteiger partial charge in [0.15, 0.2) is 0 Å². The van der Waals surface area contributed by atoms with Gasteiger partial charge < -0.3 is 24.0 Å². The molecule has 0 spiro atoms. The van der Waals surface area contributed by atoms with Gasteiger partial charge in [0.1, 0.15) is 25.4 Å². The van der Waals surface area contributed by atoms with Gasteiger partial charge in [-0.1, -0.05) is 207 Å². The molecule has 0 bridgehead atoms. The van der Waals surface area contributed by atoms with E-state index in [0.717, 1.165) is 88.0 Å². The van der Waals surface area contributed by atoms with Crippen LogP contribution in [0.5, 0.6) is 0 Å². The molecule has 0 aromatic carbocycles. The molecule has 0 aromatic heterocycles. The van der Waals surface area contributed by atoms with E-state index >= 15 is 0 Å². The average Bonchev–Trinajstić information content (AvgIpc) is 3.25. The van der Waals surface area contributed by atoms with Crippen LogP contribution in [-0.2, 0) is 33.4 Å². The minimum absolute atomic E-state index is 0.213. The van der Waals surface area contributed by atoms with Crippen LogP contribution in [0.1, 0.15) is 271 Å². The molecule has 1 amide bonds. The molecule has 0 heterocycles. The van der Waals surface area contributed by atoms with E-state index in [0.29, 0.717) is 6.42 Å². The van der Waals surface area contributed by atoms with Crippen molar-refractivity contribution in [3.63, 3.8) is 0 Å². The summed E-state index contributed by atoms with van der Waals surface area (Å²) in [5.74, 6) is -1.27. The number of ether oxygens (including phenoxy) is 3. The van der Waals surface area contributed by atoms with Gasteiger partial charge >= 0.3 is 17.9 Å². The van der Waals surface area contributed by atoms with Crippen LogP contribution in [-0.4, -0.2) is 81.3 Å². The number of carbonyl (C=O) groups excluding carboxylic acids is 4. The second-order valence-electron chi connectivity index (χ2n) is 20.1. The van der Waals surface area contributed by atoms with Crippen molar-refractivity contribution in [1.29, 1.82) is 0 Å². The maximum atomic E-state index is 13.6. The zero-order valence-corrected chi connectivity index (χ0v) is 42.7. The Balaban J connectivity index is 5.48. The lowest BCUT2D eigenvalue weighted by Crippen LogP contribution is -2.59. The molecule has 0 aliphatic rings. The molecule has 0 unspecified atom stereocenters. The predicted molar refractivity (Wildman–Crippen MR) is 264 cm³/mol. The smallest absolute Gasteiger partial charge is 0.305 e. The third-order valence-electron chi connectivity index (χ3n) is 12.4. The molecule has 0 fully saturated rings. The van der Waals surface area contributed by atoms with Crippen molar-refractivity contribution in [2.24, 2.45) is 0 Å². The standard InChI is InChI=1S/C54H104N2O7/c1-7-10-13-16-19-22-28-33-38-43-51(58)61-47-54(48-62-52(59)44-39-34-29-23-20-17-14-11-8-2,49-63-53(60)45-40-35-30-24-21-18-15-12-9-3)55-50(57)42-37-32-27-25-26-31-36-41-46-56(4,5)6/h7-49H2,1-6H3/p+1. The van der Waals surface area contributed by atoms with Crippen LogP contribution in [0.15, 0.2) is 0 Å². The number of nitrogens with one attached hydrogen (secondary N) is 1. The van der Waals surface area contributed by atoms with E-state index in [2.05, 4.69) is 47.2 Å². The van der Waals surface area contributed by atoms with Crippen molar-refractivity contribution in [3.8, 4) is 0 Å². The third-order valence-corrected chi connectivity index (χ3v) is 12.4. The Morgan fingerprint density at radius 1 is 0.349 bits per heavy atom. The Kier molecular flexibility index (Phi) is 42.2. The summed E-state index contributed by atoms with van der Waals surface area (Å²) in [5, 5.41) is 3.08. The summed E-state index contributed by atoms with van der Waals surface area (Å²) in [7, 11) is 6.72. The number of nitrogens with zero attached hydrogens (tertiary/aromatic N) is 1. The molecule has 0 saturated heterocycles. The predicted octanol–water partition coefficient (Wildman–Crippen LogP) is 14.5. The molecule has 1 N–H and O–H groups in total. The zero-order chi connectivity index (χ0) is 46.5. The van der Waals surface area contributed by atoms with Gasteiger partial charge in [-0.15, -0.1) is 0 Å². The summed E-state index contributed by atoms with van der Waals surface area (Å²) >= 11 is 0. The Morgan fingerprint density at radius 3 is 0.857 bits per heavy atom. The molecule has 0 saturated carbocycles. The summed E-state index contributed by atoms with van der Waals surface area (Å²) in [6.45, 7) is 7.22. The second-order valence-corrected chi connectivity index (χ2v) is 20.1. The topological polar surface area (TPSA) is 108 Å². The number of rotatable bonds is 48. The van der Waals surface area contributed by atoms with E-state index < -0.39 is 5.54 Å². The SMILES string of the molecule is CCCCCCCCCCCC(=O)OCC(COC(=O)CCCCCCCCCCC)(COC(=O)CCCCCCCCCCC)NC(=O)CCCCCCCCCC[N+](C)(C)C. The molecule has 372 valence electrons. The number of unbranched alkanes of at least 4 members (excludes halogenated alkanes) is 31. The fourth-order valence-electron chi connectivity index (χ4n) is 8.14. The van der Waals surface area contributed by atoms with Crippen molar-refractivity contribution >= 4 is 23.8 Å². The lowest BCUT2D eigenvalue weighted by Gasteiger charge is -2.33. The van der Waals surface area contributed by atoms with Crippen LogP contribution in [0.3, 0.4) is 0 Å². The van der Waals surface area contributed by atoms with E-state index in [1.165, 1.54) is 148 Å². The van der Waals surface area contributed by atoms with Crippen LogP contribution in [0, 0.1) is 0 Å². The highest BCUT2D eigenvalue weighted by atomic mass is 16.6. The molecule has 0 aliphatic heterocycles. The highest BCUT2D eigenvalue weighted by molar-refractivity contribution is 5.77. The van der Waals surface area contributed by atoms with Gasteiger partial charge in [-0.3, -0.25) is 19.2 Å². The normalized spacial score (nSPS) is 11.8. The van der Waals surface area contributed by atoms with Crippen molar-refractivity contribution in [1.82, 2.24) is 5.32 Å². The molecule has 0 atom stereocenters. The van der Waals surface area contributed by atoms with Gasteiger partial charge in [0.25, 0.3) is 0 Å². The number of amides is 1. The fourth-order valence-corrected chi connectivity index (χ4v) is 8.14. The van der Waals surface area contributed by atoms with Gasteiger partial charge in [-0.25, -0.2) is 0 Å². The summed E-state index contributed by atoms with van der Waals surface area (Å²) in [6.07, 6.45) is 41.0. The summed E-state index contributed by atoms with van der Waals surface area (Å²) < 4.78 is 18.5. The maximum Gasteiger partial charge on any atom is 0.305 e. The Morgan fingerprint density at radius 2 is 0.587 bits per heavy atom. The second kappa shape index (κ2) is 43.7. The van der Waals surface area contributed by atoms with Crippen LogP contribution in [0.2, 0.25) is 0 Å². The monoisotopic (exact) mass is 894 g/mol. The van der Waals surface area contributed by atoms with E-state index in [1.54, 1.807) is 0 Å². The van der Waals surface area contributed by atoms with E-state index in [4.69, 9.17) is 14.2 Å². The lowest BCUT2D eigenvalue weighted by molar-refractivity contribution is -0.870. The highest BCUT2D eigenvalue weighted by Gasteiger charge is 2.37. The van der Waals surface area contributed by atoms with E-state index in [1.807, 2.05) is 0 Å². The Labute approximate surface area is 390 Å². The first-order valence-corrected chi connectivity index (χ1v) is 27.0. The molecule has 0 aliphatic carbocycles. The van der Waals surface area contributed by atoms with Crippen molar-refractivity contribution in [2.75, 3.05) is 47.5 Å². The summed E-state index contributed by atoms with van der Waals surface area (Å²) in [6, 6.07) is 0. The van der Waals surface area contributed by atoms with Crippen LogP contribution in [0.25, 0.3) is 0 Å². The average molecular weight is 894 g/mol. The van der Waals surface area contributed by atoms with Crippen molar-refractivity contribution in [3.05, 3.63) is 0 Å². The number of carbonyl (C=O) groups is 4. The van der Waals surface area contributed by atoms with Gasteiger partial charge in [-0.2, -0.15) is 0 Å². The third kappa shape index (κ3) is 43.5. The molecule has 9 heteroatoms. The fraction of sp³-hybridized carbons (Fsp3) is 0.926. The number of quaternary nitrogens is 1. The Hall–Kier alpha value is -2.16. The summed E-state index contributed by atoms with van der Waals surface area (Å²) in [4.78, 5) is 52.9. The minimum Gasteiger partial charge on any atom is -0.463 e. The molecular formula is C54H105N2O7+. The van der Waals surface area contributed by atoms with Gasteiger partial charge in [0.2, 0.25) is 5.91 Å². The molecule has 0 radical (unpaired) electrons. The number of hydrogen-bond acceptors (Lipinski definition) is 7. The Bertz CT molecular complexity index is 982. The van der Waals surface area contributed by atoms with Crippen molar-refractivity contribution < 1.29 is 37.9 Å². The molecule has 63 heavy (non-hydrogen) atoms. The first kappa shape index (κ1) is 60.8. The first-order valence-electron chi connectivity index (χ1n) is 27.0. The van der Waals surface area contributed by atoms with E-state index in [-0.39, 0.29) is 62.9 Å². The highest BCUT2D eigenvalue weighted by Crippen LogP contribution is 2.18. The van der Waals surface area contributed by atoms with Gasteiger partial charge in [-0.05, 0) is 38.5 Å². The zero-order valence-electron chi connectivity index (χ0n) is 42.7. The molecule has 9 nitrogen and oxygen atoms in total. The molecule has 0 rings (SSSR count). The largest absolute Gasteiger partial charge is 0.463 e. The van der Waals surface area contributed by atoms with Crippen molar-refractivity contribution in [2.45, 2.75) is 277 Å². The molecular weight excluding hydrogens is 789 g/mol. The minimum atomic E-state index is -1.36. The number of esters is 3. The lowest BCUT2D eigenvalue weighted by atomic mass is 10.0.